The van der Waals surface area contributed by atoms with Gasteiger partial charge in [-0.15, -0.1) is 0 Å². The number of hydrogen-bond acceptors (Lipinski definition) is 1. The Morgan fingerprint density at radius 1 is 1.12 bits per heavy atom. The quantitative estimate of drug-likeness (QED) is 0.805. The van der Waals surface area contributed by atoms with Gasteiger partial charge in [-0.25, -0.2) is 8.78 Å². The average Bonchev–Trinajstić information content (AvgIpc) is 2.23. The monoisotopic (exact) mass is 241 g/mol. The van der Waals surface area contributed by atoms with E-state index in [1.165, 1.54) is 12.1 Å². The molecule has 0 heterocycles. The summed E-state index contributed by atoms with van der Waals surface area (Å²) in [5.41, 5.74) is 0.462. The molecule has 3 heteroatoms. The van der Waals surface area contributed by atoms with Gasteiger partial charge in [-0.2, -0.15) is 0 Å². The third-order valence-corrected chi connectivity index (χ3v) is 2.62. The lowest BCUT2D eigenvalue weighted by Gasteiger charge is -2.14. The molecular formula is C14H21F2N. The Hall–Kier alpha value is -0.960. The molecule has 0 amide bonds. The highest BCUT2D eigenvalue weighted by molar-refractivity contribution is 5.19. The lowest BCUT2D eigenvalue weighted by molar-refractivity contribution is 0.465. The van der Waals surface area contributed by atoms with Gasteiger partial charge in [-0.1, -0.05) is 20.8 Å². The normalized spacial score (nSPS) is 13.1. The topological polar surface area (TPSA) is 12.0 Å². The molecule has 1 rings (SSSR count). The maximum absolute atomic E-state index is 13.4. The first-order chi connectivity index (χ1) is 7.99. The number of halogens is 2. The van der Waals surface area contributed by atoms with Gasteiger partial charge < -0.3 is 5.32 Å². The predicted molar refractivity (Wildman–Crippen MR) is 66.9 cm³/mol. The lowest BCUT2D eigenvalue weighted by Crippen LogP contribution is -2.26. The fraction of sp³-hybridized carbons (Fsp3) is 0.571. The fourth-order valence-electron chi connectivity index (χ4n) is 1.77. The molecule has 0 aromatic heterocycles. The first kappa shape index (κ1) is 14.1. The van der Waals surface area contributed by atoms with E-state index in [0.29, 0.717) is 23.8 Å². The third kappa shape index (κ3) is 5.26. The van der Waals surface area contributed by atoms with Crippen molar-refractivity contribution < 1.29 is 8.78 Å². The van der Waals surface area contributed by atoms with Crippen molar-refractivity contribution in [3.63, 3.8) is 0 Å². The molecule has 1 aromatic rings. The van der Waals surface area contributed by atoms with Gasteiger partial charge in [-0.05, 0) is 55.1 Å². The standard InChI is InChI=1S/C14H21F2N/c1-10(2)8-17-9-11(3)6-12-7-13(15)4-5-14(12)16/h4-5,7,10-11,17H,6,8-9H2,1-3H3. The zero-order valence-corrected chi connectivity index (χ0v) is 10.8. The van der Waals surface area contributed by atoms with Crippen molar-refractivity contribution in [2.75, 3.05) is 13.1 Å². The van der Waals surface area contributed by atoms with Gasteiger partial charge in [-0.3, -0.25) is 0 Å². The minimum atomic E-state index is -0.372. The van der Waals surface area contributed by atoms with E-state index in [1.807, 2.05) is 6.92 Å². The van der Waals surface area contributed by atoms with Crippen LogP contribution in [0.5, 0.6) is 0 Å². The Labute approximate surface area is 102 Å². The van der Waals surface area contributed by atoms with Gasteiger partial charge in [0.05, 0.1) is 0 Å². The summed E-state index contributed by atoms with van der Waals surface area (Å²) in [6.45, 7) is 8.11. The second-order valence-electron chi connectivity index (χ2n) is 5.10. The Balaban J connectivity index is 2.44. The second kappa shape index (κ2) is 6.70. The summed E-state index contributed by atoms with van der Waals surface area (Å²) in [6.07, 6.45) is 0.564. The maximum Gasteiger partial charge on any atom is 0.126 e. The van der Waals surface area contributed by atoms with Crippen LogP contribution in [0.2, 0.25) is 0 Å². The molecule has 0 aliphatic carbocycles. The van der Waals surface area contributed by atoms with Crippen molar-refractivity contribution in [3.8, 4) is 0 Å². The lowest BCUT2D eigenvalue weighted by atomic mass is 10.0. The zero-order valence-electron chi connectivity index (χ0n) is 10.8. The highest BCUT2D eigenvalue weighted by Gasteiger charge is 2.09. The van der Waals surface area contributed by atoms with E-state index < -0.39 is 0 Å². The van der Waals surface area contributed by atoms with E-state index in [9.17, 15) is 8.78 Å². The SMILES string of the molecule is CC(C)CNCC(C)Cc1cc(F)ccc1F. The molecule has 1 atom stereocenters. The molecule has 0 aliphatic heterocycles. The van der Waals surface area contributed by atoms with Gasteiger partial charge in [0.15, 0.2) is 0 Å². The van der Waals surface area contributed by atoms with E-state index in [2.05, 4.69) is 19.2 Å². The van der Waals surface area contributed by atoms with Crippen molar-refractivity contribution in [2.24, 2.45) is 11.8 Å². The molecular weight excluding hydrogens is 220 g/mol. The molecule has 0 saturated carbocycles. The van der Waals surface area contributed by atoms with Crippen LogP contribution in [0.25, 0.3) is 0 Å². The molecule has 0 fully saturated rings. The van der Waals surface area contributed by atoms with E-state index in [0.717, 1.165) is 19.2 Å². The van der Waals surface area contributed by atoms with Crippen LogP contribution in [0.1, 0.15) is 26.3 Å². The summed E-state index contributed by atoms with van der Waals surface area (Å²) in [4.78, 5) is 0. The minimum Gasteiger partial charge on any atom is -0.316 e. The highest BCUT2D eigenvalue weighted by Crippen LogP contribution is 2.14. The number of hydrogen-bond donors (Lipinski definition) is 1. The van der Waals surface area contributed by atoms with Gasteiger partial charge in [0.2, 0.25) is 0 Å². The Kier molecular flexibility index (Phi) is 5.56. The molecule has 0 radical (unpaired) electrons. The van der Waals surface area contributed by atoms with Gasteiger partial charge in [0.25, 0.3) is 0 Å². The molecule has 0 aliphatic rings. The van der Waals surface area contributed by atoms with Crippen LogP contribution in [-0.4, -0.2) is 13.1 Å². The van der Waals surface area contributed by atoms with Crippen LogP contribution in [0.4, 0.5) is 8.78 Å². The molecule has 1 N–H and O–H groups in total. The zero-order chi connectivity index (χ0) is 12.8. The van der Waals surface area contributed by atoms with Crippen molar-refractivity contribution in [3.05, 3.63) is 35.4 Å². The molecule has 1 aromatic carbocycles. The van der Waals surface area contributed by atoms with Crippen molar-refractivity contribution in [1.29, 1.82) is 0 Å². The van der Waals surface area contributed by atoms with E-state index in [4.69, 9.17) is 0 Å². The first-order valence-corrected chi connectivity index (χ1v) is 6.13. The van der Waals surface area contributed by atoms with E-state index in [-0.39, 0.29) is 11.6 Å². The first-order valence-electron chi connectivity index (χ1n) is 6.13. The average molecular weight is 241 g/mol. The number of rotatable bonds is 6. The number of benzene rings is 1. The van der Waals surface area contributed by atoms with Crippen molar-refractivity contribution >= 4 is 0 Å². The van der Waals surface area contributed by atoms with Crippen LogP contribution in [0.15, 0.2) is 18.2 Å². The Bertz CT molecular complexity index is 350. The third-order valence-electron chi connectivity index (χ3n) is 2.62. The van der Waals surface area contributed by atoms with Crippen LogP contribution >= 0.6 is 0 Å². The van der Waals surface area contributed by atoms with Gasteiger partial charge in [0.1, 0.15) is 11.6 Å². The summed E-state index contributed by atoms with van der Waals surface area (Å²) in [5.74, 6) is 0.212. The summed E-state index contributed by atoms with van der Waals surface area (Å²) in [7, 11) is 0. The van der Waals surface area contributed by atoms with Gasteiger partial charge in [0, 0.05) is 0 Å². The summed E-state index contributed by atoms with van der Waals surface area (Å²) in [5, 5.41) is 3.32. The molecule has 17 heavy (non-hydrogen) atoms. The molecule has 96 valence electrons. The van der Waals surface area contributed by atoms with Crippen molar-refractivity contribution in [2.45, 2.75) is 27.2 Å². The van der Waals surface area contributed by atoms with E-state index in [1.54, 1.807) is 0 Å². The molecule has 1 unspecified atom stereocenters. The minimum absolute atomic E-state index is 0.296. The molecule has 1 nitrogen and oxygen atoms in total. The predicted octanol–water partition coefficient (Wildman–Crippen LogP) is 3.39. The summed E-state index contributed by atoms with van der Waals surface area (Å²) in [6, 6.07) is 3.63. The van der Waals surface area contributed by atoms with E-state index >= 15 is 0 Å². The Morgan fingerprint density at radius 3 is 2.47 bits per heavy atom. The van der Waals surface area contributed by atoms with Crippen LogP contribution in [0, 0.1) is 23.5 Å². The Morgan fingerprint density at radius 2 is 1.82 bits per heavy atom. The molecule has 0 saturated heterocycles. The fourth-order valence-corrected chi connectivity index (χ4v) is 1.77. The molecule has 0 spiro atoms. The summed E-state index contributed by atoms with van der Waals surface area (Å²) >= 11 is 0. The van der Waals surface area contributed by atoms with Crippen LogP contribution in [0.3, 0.4) is 0 Å². The smallest absolute Gasteiger partial charge is 0.126 e. The highest BCUT2D eigenvalue weighted by atomic mass is 19.1. The van der Waals surface area contributed by atoms with Crippen molar-refractivity contribution in [1.82, 2.24) is 5.32 Å². The summed E-state index contributed by atoms with van der Waals surface area (Å²) < 4.78 is 26.4. The van der Waals surface area contributed by atoms with Crippen LogP contribution < -0.4 is 5.32 Å². The number of nitrogens with one attached hydrogen (secondary N) is 1. The van der Waals surface area contributed by atoms with Crippen LogP contribution in [-0.2, 0) is 6.42 Å². The molecule has 0 bridgehead atoms. The maximum atomic E-state index is 13.4. The largest absolute Gasteiger partial charge is 0.316 e. The van der Waals surface area contributed by atoms with Gasteiger partial charge >= 0.3 is 0 Å². The second-order valence-corrected chi connectivity index (χ2v) is 5.10.